The van der Waals surface area contributed by atoms with Crippen LogP contribution in [0, 0.1) is 0 Å². The van der Waals surface area contributed by atoms with Gasteiger partial charge in [-0.25, -0.2) is 4.79 Å². The lowest BCUT2D eigenvalue weighted by atomic mass is 10.1. The van der Waals surface area contributed by atoms with Gasteiger partial charge in [-0.05, 0) is 29.8 Å². The molecule has 0 aliphatic carbocycles. The van der Waals surface area contributed by atoms with Crippen LogP contribution in [0.2, 0.25) is 0 Å². The molecule has 0 fully saturated rings. The van der Waals surface area contributed by atoms with Crippen LogP contribution in [0.3, 0.4) is 0 Å². The zero-order valence-corrected chi connectivity index (χ0v) is 12.0. The number of ether oxygens (including phenoxy) is 1. The molecule has 0 saturated carbocycles. The van der Waals surface area contributed by atoms with Gasteiger partial charge in [0.05, 0.1) is 18.4 Å². The van der Waals surface area contributed by atoms with E-state index in [9.17, 15) is 14.7 Å². The summed E-state index contributed by atoms with van der Waals surface area (Å²) in [4.78, 5) is 23.4. The Morgan fingerprint density at radius 2 is 1.86 bits per heavy atom. The lowest BCUT2D eigenvalue weighted by Gasteiger charge is -2.10. The number of nitrogens with one attached hydrogen (secondary N) is 1. The van der Waals surface area contributed by atoms with Gasteiger partial charge in [-0.1, -0.05) is 12.1 Å². The van der Waals surface area contributed by atoms with Crippen LogP contribution < -0.4 is 15.8 Å². The highest BCUT2D eigenvalue weighted by Crippen LogP contribution is 2.23. The van der Waals surface area contributed by atoms with Crippen LogP contribution in [0.15, 0.2) is 42.5 Å². The number of carboxylic acids is 1. The first-order valence-electron chi connectivity index (χ1n) is 6.57. The number of nitrogens with two attached hydrogens (primary N) is 1. The first-order chi connectivity index (χ1) is 10.5. The van der Waals surface area contributed by atoms with Crippen LogP contribution in [-0.4, -0.2) is 24.1 Å². The van der Waals surface area contributed by atoms with Gasteiger partial charge in [-0.2, -0.15) is 0 Å². The van der Waals surface area contributed by atoms with E-state index in [-0.39, 0.29) is 11.3 Å². The van der Waals surface area contributed by atoms with Gasteiger partial charge in [-0.15, -0.1) is 0 Å². The molecule has 0 aliphatic rings. The highest BCUT2D eigenvalue weighted by atomic mass is 16.5. The van der Waals surface area contributed by atoms with E-state index < -0.39 is 11.9 Å². The molecule has 2 rings (SSSR count). The van der Waals surface area contributed by atoms with Gasteiger partial charge in [0.1, 0.15) is 5.75 Å². The number of amides is 1. The van der Waals surface area contributed by atoms with Crippen LogP contribution in [0.25, 0.3) is 0 Å². The molecule has 1 amide bonds. The first-order valence-corrected chi connectivity index (χ1v) is 6.57. The third-order valence-corrected chi connectivity index (χ3v) is 3.16. The number of rotatable bonds is 5. The van der Waals surface area contributed by atoms with Gasteiger partial charge in [0, 0.05) is 18.2 Å². The largest absolute Gasteiger partial charge is 0.497 e. The second-order valence-corrected chi connectivity index (χ2v) is 4.57. The number of hydrogen-bond acceptors (Lipinski definition) is 4. The Labute approximate surface area is 127 Å². The summed E-state index contributed by atoms with van der Waals surface area (Å²) in [6, 6.07) is 11.1. The van der Waals surface area contributed by atoms with E-state index in [1.807, 2.05) is 0 Å². The first kappa shape index (κ1) is 15.5. The molecule has 0 atom stereocenters. The molecule has 0 aromatic heterocycles. The minimum atomic E-state index is -1.13. The standard InChI is InChI=1S/C16H16N2O4/c1-22-12-6-7-13(16(20)21)14(8-12)18-15(19)11-4-2-10(9-17)3-5-11/h2-8H,9,17H2,1H3,(H,18,19)(H,20,21). The van der Waals surface area contributed by atoms with Crippen LogP contribution in [0.5, 0.6) is 5.75 Å². The zero-order chi connectivity index (χ0) is 16.1. The molecule has 0 saturated heterocycles. The molecule has 2 aromatic rings. The highest BCUT2D eigenvalue weighted by Gasteiger charge is 2.14. The fourth-order valence-electron chi connectivity index (χ4n) is 1.93. The molecule has 0 radical (unpaired) electrons. The quantitative estimate of drug-likeness (QED) is 0.785. The fraction of sp³-hybridized carbons (Fsp3) is 0.125. The van der Waals surface area contributed by atoms with E-state index in [0.717, 1.165) is 5.56 Å². The number of carbonyl (C=O) groups excluding carboxylic acids is 1. The lowest BCUT2D eigenvalue weighted by molar-refractivity contribution is 0.0698. The zero-order valence-electron chi connectivity index (χ0n) is 12.0. The van der Waals surface area contributed by atoms with E-state index >= 15 is 0 Å². The van der Waals surface area contributed by atoms with Crippen LogP contribution in [-0.2, 0) is 6.54 Å². The molecule has 114 valence electrons. The highest BCUT2D eigenvalue weighted by molar-refractivity contribution is 6.07. The molecule has 0 bridgehead atoms. The third-order valence-electron chi connectivity index (χ3n) is 3.16. The monoisotopic (exact) mass is 300 g/mol. The molecule has 0 heterocycles. The van der Waals surface area contributed by atoms with Crippen molar-refractivity contribution in [3.63, 3.8) is 0 Å². The SMILES string of the molecule is COc1ccc(C(=O)O)c(NC(=O)c2ccc(CN)cc2)c1. The van der Waals surface area contributed by atoms with E-state index in [2.05, 4.69) is 5.32 Å². The Kier molecular flexibility index (Phi) is 4.75. The number of benzene rings is 2. The van der Waals surface area contributed by atoms with E-state index in [0.29, 0.717) is 17.9 Å². The van der Waals surface area contributed by atoms with Crippen LogP contribution in [0.4, 0.5) is 5.69 Å². The maximum absolute atomic E-state index is 12.2. The van der Waals surface area contributed by atoms with Gasteiger partial charge in [-0.3, -0.25) is 4.79 Å². The summed E-state index contributed by atoms with van der Waals surface area (Å²) < 4.78 is 5.05. The van der Waals surface area contributed by atoms with E-state index in [1.54, 1.807) is 24.3 Å². The summed E-state index contributed by atoms with van der Waals surface area (Å²) in [5.74, 6) is -1.07. The average molecular weight is 300 g/mol. The maximum Gasteiger partial charge on any atom is 0.337 e. The third kappa shape index (κ3) is 3.42. The van der Waals surface area contributed by atoms with Crippen molar-refractivity contribution >= 4 is 17.6 Å². The lowest BCUT2D eigenvalue weighted by Crippen LogP contribution is -2.15. The Balaban J connectivity index is 2.28. The van der Waals surface area contributed by atoms with Crippen molar-refractivity contribution in [2.24, 2.45) is 5.73 Å². The Morgan fingerprint density at radius 1 is 1.18 bits per heavy atom. The average Bonchev–Trinajstić information content (AvgIpc) is 2.54. The van der Waals surface area contributed by atoms with Crippen LogP contribution in [0.1, 0.15) is 26.3 Å². The number of carboxylic acid groups (broad SMARTS) is 1. The molecule has 0 aliphatic heterocycles. The second kappa shape index (κ2) is 6.73. The number of hydrogen-bond donors (Lipinski definition) is 3. The van der Waals surface area contributed by atoms with Crippen molar-refractivity contribution in [1.82, 2.24) is 0 Å². The summed E-state index contributed by atoms with van der Waals surface area (Å²) in [5.41, 5.74) is 7.00. The van der Waals surface area contributed by atoms with Gasteiger partial charge in [0.25, 0.3) is 5.91 Å². The number of methoxy groups -OCH3 is 1. The van der Waals surface area contributed by atoms with E-state index in [4.69, 9.17) is 10.5 Å². The second-order valence-electron chi connectivity index (χ2n) is 4.57. The summed E-state index contributed by atoms with van der Waals surface area (Å²) in [6.45, 7) is 0.390. The van der Waals surface area contributed by atoms with Gasteiger partial charge < -0.3 is 20.9 Å². The molecule has 6 heteroatoms. The Hall–Kier alpha value is -2.86. The molecule has 2 aromatic carbocycles. The number of carbonyl (C=O) groups is 2. The Morgan fingerprint density at radius 3 is 2.41 bits per heavy atom. The summed E-state index contributed by atoms with van der Waals surface area (Å²) in [6.07, 6.45) is 0. The van der Waals surface area contributed by atoms with Gasteiger partial charge >= 0.3 is 5.97 Å². The van der Waals surface area contributed by atoms with Crippen molar-refractivity contribution in [3.8, 4) is 5.75 Å². The van der Waals surface area contributed by atoms with E-state index in [1.165, 1.54) is 25.3 Å². The van der Waals surface area contributed by atoms with Crippen molar-refractivity contribution in [1.29, 1.82) is 0 Å². The summed E-state index contributed by atoms with van der Waals surface area (Å²) >= 11 is 0. The molecular formula is C16H16N2O4. The predicted octanol–water partition coefficient (Wildman–Crippen LogP) is 2.10. The predicted molar refractivity (Wildman–Crippen MR) is 82.2 cm³/mol. The number of anilines is 1. The molecule has 0 spiro atoms. The van der Waals surface area contributed by atoms with Gasteiger partial charge in [0.2, 0.25) is 0 Å². The van der Waals surface area contributed by atoms with Crippen molar-refractivity contribution in [2.75, 3.05) is 12.4 Å². The molecule has 6 nitrogen and oxygen atoms in total. The Bertz CT molecular complexity index is 696. The minimum absolute atomic E-state index is 0.00673. The molecule has 0 unspecified atom stereocenters. The topological polar surface area (TPSA) is 102 Å². The smallest absolute Gasteiger partial charge is 0.337 e. The maximum atomic E-state index is 12.2. The number of aromatic carboxylic acids is 1. The van der Waals surface area contributed by atoms with Crippen molar-refractivity contribution in [2.45, 2.75) is 6.54 Å². The van der Waals surface area contributed by atoms with Gasteiger partial charge in [0.15, 0.2) is 0 Å². The van der Waals surface area contributed by atoms with Crippen molar-refractivity contribution < 1.29 is 19.4 Å². The van der Waals surface area contributed by atoms with Crippen LogP contribution >= 0.6 is 0 Å². The molecule has 22 heavy (non-hydrogen) atoms. The van der Waals surface area contributed by atoms with Crippen molar-refractivity contribution in [3.05, 3.63) is 59.2 Å². The minimum Gasteiger partial charge on any atom is -0.497 e. The summed E-state index contributed by atoms with van der Waals surface area (Å²) in [5, 5.41) is 11.8. The molecule has 4 N–H and O–H groups in total. The summed E-state index contributed by atoms with van der Waals surface area (Å²) in [7, 11) is 1.47. The molecular weight excluding hydrogens is 284 g/mol. The normalized spacial score (nSPS) is 10.1. The fourth-order valence-corrected chi connectivity index (χ4v) is 1.93.